The first-order valence-corrected chi connectivity index (χ1v) is 8.05. The minimum atomic E-state index is -2.84. The molecule has 0 aliphatic carbocycles. The van der Waals surface area contributed by atoms with Gasteiger partial charge in [-0.2, -0.15) is 0 Å². The maximum atomic E-state index is 11.5. The quantitative estimate of drug-likeness (QED) is 0.655. The van der Waals surface area contributed by atoms with Crippen LogP contribution in [0.25, 0.3) is 0 Å². The number of nitrogens with zero attached hydrogens (tertiary/aromatic N) is 1. The van der Waals surface area contributed by atoms with E-state index in [-0.39, 0.29) is 12.0 Å². The Kier molecular flexibility index (Phi) is 6.40. The van der Waals surface area contributed by atoms with Crippen LogP contribution in [0.2, 0.25) is 0 Å². The monoisotopic (exact) mass is 265 g/mol. The van der Waals surface area contributed by atoms with Crippen LogP contribution in [0.5, 0.6) is 0 Å². The summed E-state index contributed by atoms with van der Waals surface area (Å²) in [5, 5.41) is 0. The Labute approximate surface area is 104 Å². The summed E-state index contributed by atoms with van der Waals surface area (Å²) in [5.41, 5.74) is 0. The van der Waals surface area contributed by atoms with Crippen molar-refractivity contribution in [3.63, 3.8) is 0 Å². The van der Waals surface area contributed by atoms with Gasteiger partial charge in [-0.05, 0) is 26.8 Å². The predicted octanol–water partition coefficient (Wildman–Crippen LogP) is 0.506. The molecule has 0 amide bonds. The summed E-state index contributed by atoms with van der Waals surface area (Å²) in [6.07, 6.45) is 0.457. The molecular weight excluding hydrogens is 242 g/mol. The summed E-state index contributed by atoms with van der Waals surface area (Å²) in [6, 6.07) is 0. The fraction of sp³-hybridized carbons (Fsp3) is 1.00. The molecule has 1 heterocycles. The SMILES string of the molecule is CCOC(CN1CCCS(=O)(=O)CC1)OCC. The Morgan fingerprint density at radius 2 is 1.76 bits per heavy atom. The van der Waals surface area contributed by atoms with Gasteiger partial charge >= 0.3 is 0 Å². The minimum absolute atomic E-state index is 0.245. The lowest BCUT2D eigenvalue weighted by molar-refractivity contribution is -0.146. The molecule has 5 nitrogen and oxygen atoms in total. The van der Waals surface area contributed by atoms with E-state index in [2.05, 4.69) is 4.90 Å². The standard InChI is InChI=1S/C11H23NO4S/c1-3-15-11(16-4-2)10-12-6-5-8-17(13,14)9-7-12/h11H,3-10H2,1-2H3. The van der Waals surface area contributed by atoms with Crippen molar-refractivity contribution < 1.29 is 17.9 Å². The molecule has 0 atom stereocenters. The zero-order chi connectivity index (χ0) is 12.7. The van der Waals surface area contributed by atoms with E-state index in [1.165, 1.54) is 0 Å². The van der Waals surface area contributed by atoms with Crippen molar-refractivity contribution in [2.45, 2.75) is 26.6 Å². The molecule has 0 aromatic rings. The summed E-state index contributed by atoms with van der Waals surface area (Å²) in [6.45, 7) is 7.11. The van der Waals surface area contributed by atoms with Crippen LogP contribution >= 0.6 is 0 Å². The summed E-state index contributed by atoms with van der Waals surface area (Å²) in [7, 11) is -2.84. The van der Waals surface area contributed by atoms with E-state index in [0.29, 0.717) is 38.5 Å². The first-order valence-electron chi connectivity index (χ1n) is 6.23. The first kappa shape index (κ1) is 14.9. The molecular formula is C11H23NO4S. The van der Waals surface area contributed by atoms with Crippen molar-refractivity contribution in [2.75, 3.05) is 44.4 Å². The molecule has 102 valence electrons. The molecule has 0 aromatic heterocycles. The third-order valence-electron chi connectivity index (χ3n) is 2.76. The molecule has 0 radical (unpaired) electrons. The van der Waals surface area contributed by atoms with Crippen molar-refractivity contribution in [1.82, 2.24) is 4.90 Å². The molecule has 0 bridgehead atoms. The Morgan fingerprint density at radius 3 is 2.35 bits per heavy atom. The highest BCUT2D eigenvalue weighted by Gasteiger charge is 2.21. The van der Waals surface area contributed by atoms with Crippen LogP contribution < -0.4 is 0 Å². The van der Waals surface area contributed by atoms with Gasteiger partial charge in [0.05, 0.1) is 11.5 Å². The number of rotatable bonds is 6. The Bertz CT molecular complexity index is 299. The van der Waals surface area contributed by atoms with Gasteiger partial charge in [-0.15, -0.1) is 0 Å². The largest absolute Gasteiger partial charge is 0.352 e. The second kappa shape index (κ2) is 7.31. The molecule has 0 spiro atoms. The van der Waals surface area contributed by atoms with Gasteiger partial charge < -0.3 is 9.47 Å². The van der Waals surface area contributed by atoms with Crippen molar-refractivity contribution >= 4 is 9.84 Å². The van der Waals surface area contributed by atoms with E-state index >= 15 is 0 Å². The Balaban J connectivity index is 2.43. The van der Waals surface area contributed by atoms with Gasteiger partial charge in [0.1, 0.15) is 0 Å². The molecule has 0 N–H and O–H groups in total. The zero-order valence-electron chi connectivity index (χ0n) is 10.7. The normalized spacial score (nSPS) is 21.6. The predicted molar refractivity (Wildman–Crippen MR) is 66.8 cm³/mol. The maximum Gasteiger partial charge on any atom is 0.170 e. The first-order chi connectivity index (χ1) is 8.07. The molecule has 1 rings (SSSR count). The summed E-state index contributed by atoms with van der Waals surface area (Å²) in [5.74, 6) is 0.551. The van der Waals surface area contributed by atoms with Crippen LogP contribution in [0.4, 0.5) is 0 Å². The molecule has 1 aliphatic heterocycles. The lowest BCUT2D eigenvalue weighted by atomic mass is 10.4. The van der Waals surface area contributed by atoms with Crippen LogP contribution in [0, 0.1) is 0 Å². The van der Waals surface area contributed by atoms with E-state index in [0.717, 1.165) is 6.54 Å². The highest BCUT2D eigenvalue weighted by Crippen LogP contribution is 2.07. The second-order valence-electron chi connectivity index (χ2n) is 4.15. The number of hydrogen-bond donors (Lipinski definition) is 0. The minimum Gasteiger partial charge on any atom is -0.352 e. The van der Waals surface area contributed by atoms with Crippen LogP contribution in [-0.4, -0.2) is 64.0 Å². The number of hydrogen-bond acceptors (Lipinski definition) is 5. The van der Waals surface area contributed by atoms with Gasteiger partial charge in [0.2, 0.25) is 0 Å². The van der Waals surface area contributed by atoms with Gasteiger partial charge in [0.15, 0.2) is 16.1 Å². The van der Waals surface area contributed by atoms with E-state index in [4.69, 9.17) is 9.47 Å². The van der Waals surface area contributed by atoms with E-state index in [9.17, 15) is 8.42 Å². The van der Waals surface area contributed by atoms with Gasteiger partial charge in [0, 0.05) is 26.3 Å². The maximum absolute atomic E-state index is 11.5. The fourth-order valence-electron chi connectivity index (χ4n) is 1.91. The van der Waals surface area contributed by atoms with E-state index in [1.54, 1.807) is 0 Å². The highest BCUT2D eigenvalue weighted by molar-refractivity contribution is 7.91. The number of ether oxygens (including phenoxy) is 2. The molecule has 1 fully saturated rings. The van der Waals surface area contributed by atoms with Crippen LogP contribution in [0.3, 0.4) is 0 Å². The van der Waals surface area contributed by atoms with Crippen LogP contribution in [-0.2, 0) is 19.3 Å². The molecule has 0 unspecified atom stereocenters. The van der Waals surface area contributed by atoms with Crippen molar-refractivity contribution in [1.29, 1.82) is 0 Å². The summed E-state index contributed by atoms with van der Waals surface area (Å²) >= 11 is 0. The topological polar surface area (TPSA) is 55.8 Å². The Hall–Kier alpha value is -0.170. The fourth-order valence-corrected chi connectivity index (χ4v) is 3.22. The average molecular weight is 265 g/mol. The van der Waals surface area contributed by atoms with E-state index in [1.807, 2.05) is 13.8 Å². The van der Waals surface area contributed by atoms with Gasteiger partial charge in [0.25, 0.3) is 0 Å². The Morgan fingerprint density at radius 1 is 1.12 bits per heavy atom. The molecule has 17 heavy (non-hydrogen) atoms. The van der Waals surface area contributed by atoms with Gasteiger partial charge in [-0.1, -0.05) is 0 Å². The number of sulfone groups is 1. The smallest absolute Gasteiger partial charge is 0.170 e. The van der Waals surface area contributed by atoms with Crippen molar-refractivity contribution in [3.8, 4) is 0 Å². The van der Waals surface area contributed by atoms with Crippen molar-refractivity contribution in [2.24, 2.45) is 0 Å². The van der Waals surface area contributed by atoms with Crippen molar-refractivity contribution in [3.05, 3.63) is 0 Å². The van der Waals surface area contributed by atoms with Crippen LogP contribution in [0.1, 0.15) is 20.3 Å². The summed E-state index contributed by atoms with van der Waals surface area (Å²) in [4.78, 5) is 2.11. The lowest BCUT2D eigenvalue weighted by Gasteiger charge is -2.25. The molecule has 0 saturated carbocycles. The highest BCUT2D eigenvalue weighted by atomic mass is 32.2. The average Bonchev–Trinajstić information content (AvgIpc) is 2.41. The zero-order valence-corrected chi connectivity index (χ0v) is 11.5. The molecule has 1 saturated heterocycles. The molecule has 6 heteroatoms. The van der Waals surface area contributed by atoms with Crippen LogP contribution in [0.15, 0.2) is 0 Å². The summed E-state index contributed by atoms with van der Waals surface area (Å²) < 4.78 is 33.9. The lowest BCUT2D eigenvalue weighted by Crippen LogP contribution is -2.37. The molecule has 0 aromatic carbocycles. The third kappa shape index (κ3) is 5.81. The molecule has 1 aliphatic rings. The second-order valence-corrected chi connectivity index (χ2v) is 6.45. The van der Waals surface area contributed by atoms with E-state index < -0.39 is 9.84 Å². The third-order valence-corrected chi connectivity index (χ3v) is 4.48. The van der Waals surface area contributed by atoms with Gasteiger partial charge in [-0.25, -0.2) is 8.42 Å². The van der Waals surface area contributed by atoms with Gasteiger partial charge in [-0.3, -0.25) is 4.90 Å².